The molecule has 0 amide bonds. The van der Waals surface area contributed by atoms with E-state index in [1.54, 1.807) is 24.3 Å². The first-order chi connectivity index (χ1) is 13.6. The first kappa shape index (κ1) is 20.3. The molecule has 1 saturated heterocycles. The van der Waals surface area contributed by atoms with Gasteiger partial charge in [0.2, 0.25) is 0 Å². The van der Waals surface area contributed by atoms with Crippen molar-refractivity contribution in [3.8, 4) is 11.5 Å². The molecule has 1 fully saturated rings. The number of rotatable bonds is 7. The third-order valence-electron chi connectivity index (χ3n) is 4.50. The predicted molar refractivity (Wildman–Crippen MR) is 102 cm³/mol. The molecule has 0 N–H and O–H groups in total. The molecule has 5 nitrogen and oxygen atoms in total. The van der Waals surface area contributed by atoms with Crippen molar-refractivity contribution < 1.29 is 28.1 Å². The molecule has 1 heterocycles. The van der Waals surface area contributed by atoms with Gasteiger partial charge in [-0.2, -0.15) is 0 Å². The lowest BCUT2D eigenvalue weighted by atomic mass is 10.0. The van der Waals surface area contributed by atoms with Gasteiger partial charge in [-0.05, 0) is 49.7 Å². The van der Waals surface area contributed by atoms with Gasteiger partial charge in [0.25, 0.3) is 0 Å². The van der Waals surface area contributed by atoms with Gasteiger partial charge >= 0.3 is 5.97 Å². The third kappa shape index (κ3) is 5.09. The Morgan fingerprint density at radius 1 is 1.07 bits per heavy atom. The van der Waals surface area contributed by atoms with Crippen LogP contribution in [0.1, 0.15) is 48.9 Å². The monoisotopic (exact) mass is 388 g/mol. The molecule has 0 bridgehead atoms. The maximum Gasteiger partial charge on any atom is 0.343 e. The number of carbonyl (C=O) groups excluding carboxylic acids is 1. The molecule has 1 aliphatic heterocycles. The summed E-state index contributed by atoms with van der Waals surface area (Å²) in [6.07, 6.45) is 1.33. The van der Waals surface area contributed by atoms with Gasteiger partial charge in [0, 0.05) is 11.5 Å². The second-order valence-corrected chi connectivity index (χ2v) is 6.68. The Hall–Kier alpha value is -2.44. The van der Waals surface area contributed by atoms with Gasteiger partial charge in [-0.25, -0.2) is 9.18 Å². The lowest BCUT2D eigenvalue weighted by molar-refractivity contribution is -0.207. The number of hydrogen-bond acceptors (Lipinski definition) is 5. The van der Waals surface area contributed by atoms with Crippen molar-refractivity contribution in [1.82, 2.24) is 0 Å². The molecule has 0 atom stereocenters. The van der Waals surface area contributed by atoms with Crippen molar-refractivity contribution in [3.63, 3.8) is 0 Å². The van der Waals surface area contributed by atoms with Crippen LogP contribution in [0.3, 0.4) is 0 Å². The number of esters is 1. The lowest BCUT2D eigenvalue weighted by Gasteiger charge is -2.29. The number of hydrogen-bond donors (Lipinski definition) is 0. The molecule has 2 aromatic carbocycles. The molecular weight excluding hydrogens is 363 g/mol. The Kier molecular flexibility index (Phi) is 7.01. The van der Waals surface area contributed by atoms with Crippen LogP contribution in [-0.2, 0) is 9.47 Å². The van der Waals surface area contributed by atoms with Crippen LogP contribution in [0.15, 0.2) is 42.5 Å². The molecule has 2 aromatic rings. The van der Waals surface area contributed by atoms with Gasteiger partial charge in [-0.3, -0.25) is 0 Å². The number of carbonyl (C=O) groups is 1. The lowest BCUT2D eigenvalue weighted by Crippen LogP contribution is -2.27. The Morgan fingerprint density at radius 2 is 1.75 bits per heavy atom. The quantitative estimate of drug-likeness (QED) is 0.499. The van der Waals surface area contributed by atoms with E-state index in [2.05, 4.69) is 6.92 Å². The average molecular weight is 388 g/mol. The summed E-state index contributed by atoms with van der Waals surface area (Å²) in [5.74, 6) is 0.195. The fraction of sp³-hybridized carbons (Fsp3) is 0.409. The Balaban J connectivity index is 1.62. The van der Waals surface area contributed by atoms with Crippen LogP contribution in [0.2, 0.25) is 0 Å². The number of halogens is 1. The van der Waals surface area contributed by atoms with Crippen LogP contribution in [0, 0.1) is 11.7 Å². The first-order valence-electron chi connectivity index (χ1n) is 9.58. The van der Waals surface area contributed by atoms with Crippen LogP contribution in [0.5, 0.6) is 11.5 Å². The predicted octanol–water partition coefficient (Wildman–Crippen LogP) is 4.91. The molecule has 3 rings (SSSR count). The van der Waals surface area contributed by atoms with E-state index in [1.165, 1.54) is 12.1 Å². The maximum absolute atomic E-state index is 14.5. The molecule has 1 aliphatic rings. The van der Waals surface area contributed by atoms with E-state index >= 15 is 0 Å². The molecule has 0 aromatic heterocycles. The molecule has 150 valence electrons. The second-order valence-electron chi connectivity index (χ2n) is 6.68. The van der Waals surface area contributed by atoms with E-state index < -0.39 is 18.1 Å². The van der Waals surface area contributed by atoms with Crippen LogP contribution in [-0.4, -0.2) is 25.8 Å². The van der Waals surface area contributed by atoms with Crippen molar-refractivity contribution in [1.29, 1.82) is 0 Å². The Labute approximate surface area is 164 Å². The second kappa shape index (κ2) is 9.66. The summed E-state index contributed by atoms with van der Waals surface area (Å²) in [5, 5.41) is 0. The van der Waals surface area contributed by atoms with Crippen LogP contribution >= 0.6 is 0 Å². The molecule has 0 aliphatic carbocycles. The van der Waals surface area contributed by atoms with Gasteiger partial charge in [-0.1, -0.05) is 19.4 Å². The zero-order valence-corrected chi connectivity index (χ0v) is 16.2. The van der Waals surface area contributed by atoms with E-state index in [9.17, 15) is 9.18 Å². The van der Waals surface area contributed by atoms with E-state index in [-0.39, 0.29) is 11.1 Å². The molecule has 28 heavy (non-hydrogen) atoms. The van der Waals surface area contributed by atoms with Crippen LogP contribution < -0.4 is 9.47 Å². The highest BCUT2D eigenvalue weighted by Gasteiger charge is 2.26. The summed E-state index contributed by atoms with van der Waals surface area (Å²) >= 11 is 0. The average Bonchev–Trinajstić information content (AvgIpc) is 2.70. The summed E-state index contributed by atoms with van der Waals surface area (Å²) in [6.45, 7) is 5.63. The molecule has 0 spiro atoms. The summed E-state index contributed by atoms with van der Waals surface area (Å²) in [5.41, 5.74) is 0.405. The van der Waals surface area contributed by atoms with Crippen LogP contribution in [0.4, 0.5) is 4.39 Å². The highest BCUT2D eigenvalue weighted by Crippen LogP contribution is 2.29. The van der Waals surface area contributed by atoms with E-state index in [1.807, 2.05) is 6.92 Å². The fourth-order valence-electron chi connectivity index (χ4n) is 3.08. The minimum Gasteiger partial charge on any atom is -0.494 e. The molecule has 6 heteroatoms. The van der Waals surface area contributed by atoms with Crippen LogP contribution in [0.25, 0.3) is 0 Å². The van der Waals surface area contributed by atoms with E-state index in [4.69, 9.17) is 18.9 Å². The van der Waals surface area contributed by atoms with Crippen molar-refractivity contribution in [2.24, 2.45) is 5.92 Å². The normalized spacial score (nSPS) is 19.2. The molecular formula is C22H25FO5. The summed E-state index contributed by atoms with van der Waals surface area (Å²) < 4.78 is 36.5. The summed E-state index contributed by atoms with van der Waals surface area (Å²) in [7, 11) is 0. The van der Waals surface area contributed by atoms with Gasteiger partial charge in [0.1, 0.15) is 17.3 Å². The first-order valence-corrected chi connectivity index (χ1v) is 9.58. The minimum absolute atomic E-state index is 0.120. The highest BCUT2D eigenvalue weighted by atomic mass is 19.1. The fourth-order valence-corrected chi connectivity index (χ4v) is 3.08. The topological polar surface area (TPSA) is 54.0 Å². The summed E-state index contributed by atoms with van der Waals surface area (Å²) in [6, 6.07) is 10.8. The molecule has 0 unspecified atom stereocenters. The summed E-state index contributed by atoms with van der Waals surface area (Å²) in [4.78, 5) is 12.3. The van der Waals surface area contributed by atoms with Gasteiger partial charge in [0.15, 0.2) is 6.29 Å². The maximum atomic E-state index is 14.5. The standard InChI is InChI=1S/C22H25FO5/c1-3-5-15-13-26-22(27-14-15)19-11-6-16(12-20(19)23)21(24)28-18-9-7-17(8-10-18)25-4-2/h6-12,15,22H,3-5,13-14H2,1-2H3. The largest absolute Gasteiger partial charge is 0.494 e. The van der Waals surface area contributed by atoms with Crippen molar-refractivity contribution in [2.75, 3.05) is 19.8 Å². The smallest absolute Gasteiger partial charge is 0.343 e. The van der Waals surface area contributed by atoms with Gasteiger partial charge in [-0.15, -0.1) is 0 Å². The van der Waals surface area contributed by atoms with Gasteiger partial charge in [0.05, 0.1) is 25.4 Å². The molecule has 0 radical (unpaired) electrons. The zero-order chi connectivity index (χ0) is 19.9. The van der Waals surface area contributed by atoms with Crippen molar-refractivity contribution in [3.05, 3.63) is 59.4 Å². The third-order valence-corrected chi connectivity index (χ3v) is 4.50. The van der Waals surface area contributed by atoms with E-state index in [0.717, 1.165) is 18.9 Å². The number of benzene rings is 2. The zero-order valence-electron chi connectivity index (χ0n) is 16.2. The van der Waals surface area contributed by atoms with Gasteiger partial charge < -0.3 is 18.9 Å². The molecule has 0 saturated carbocycles. The minimum atomic E-state index is -0.746. The van der Waals surface area contributed by atoms with Crippen molar-refractivity contribution >= 4 is 5.97 Å². The highest BCUT2D eigenvalue weighted by molar-refractivity contribution is 5.91. The van der Waals surface area contributed by atoms with Crippen molar-refractivity contribution in [2.45, 2.75) is 33.0 Å². The SMILES string of the molecule is CCCC1COC(c2ccc(C(=O)Oc3ccc(OCC)cc3)cc2F)OC1. The Morgan fingerprint density at radius 3 is 2.36 bits per heavy atom. The van der Waals surface area contributed by atoms with E-state index in [0.29, 0.717) is 37.2 Å². The Bertz CT molecular complexity index is 782. The number of ether oxygens (including phenoxy) is 4.